The fraction of sp³-hybridized carbons (Fsp3) is 0.407. The van der Waals surface area contributed by atoms with Crippen molar-refractivity contribution in [2.24, 2.45) is 5.92 Å². The van der Waals surface area contributed by atoms with Gasteiger partial charge in [0.25, 0.3) is 11.8 Å². The molecule has 2 aliphatic heterocycles. The van der Waals surface area contributed by atoms with Crippen LogP contribution in [0.5, 0.6) is 5.75 Å². The minimum absolute atomic E-state index is 0.228. The third-order valence-corrected chi connectivity index (χ3v) is 6.52. The first-order chi connectivity index (χ1) is 15.4. The highest BCUT2D eigenvalue weighted by Crippen LogP contribution is 2.37. The first-order valence-electron chi connectivity index (χ1n) is 11.6. The van der Waals surface area contributed by atoms with Gasteiger partial charge < -0.3 is 9.64 Å². The van der Waals surface area contributed by atoms with Gasteiger partial charge in [-0.25, -0.2) is 4.90 Å². The molecule has 5 nitrogen and oxygen atoms in total. The molecule has 0 aliphatic carbocycles. The second-order valence-electron chi connectivity index (χ2n) is 8.98. The quantitative estimate of drug-likeness (QED) is 0.596. The van der Waals surface area contributed by atoms with Gasteiger partial charge in [0.2, 0.25) is 0 Å². The van der Waals surface area contributed by atoms with Gasteiger partial charge in [0.15, 0.2) is 0 Å². The summed E-state index contributed by atoms with van der Waals surface area (Å²) in [6.45, 7) is 10.6. The topological polar surface area (TPSA) is 49.9 Å². The van der Waals surface area contributed by atoms with Crippen LogP contribution in [0.25, 0.3) is 5.57 Å². The number of hydrogen-bond acceptors (Lipinski definition) is 4. The molecular formula is C27H32N2O3. The zero-order valence-electron chi connectivity index (χ0n) is 19.5. The van der Waals surface area contributed by atoms with Crippen LogP contribution in [0.4, 0.5) is 5.69 Å². The third-order valence-electron chi connectivity index (χ3n) is 6.52. The molecule has 0 atom stereocenters. The Morgan fingerprint density at radius 1 is 0.938 bits per heavy atom. The van der Waals surface area contributed by atoms with Crippen molar-refractivity contribution in [2.45, 2.75) is 47.0 Å². The number of ether oxygens (including phenoxy) is 1. The highest BCUT2D eigenvalue weighted by Gasteiger charge is 2.43. The lowest BCUT2D eigenvalue weighted by molar-refractivity contribution is -0.120. The average molecular weight is 433 g/mol. The van der Waals surface area contributed by atoms with Crippen LogP contribution < -0.4 is 9.64 Å². The predicted molar refractivity (Wildman–Crippen MR) is 128 cm³/mol. The van der Waals surface area contributed by atoms with Gasteiger partial charge in [-0.2, -0.15) is 0 Å². The fourth-order valence-electron chi connectivity index (χ4n) is 4.34. The monoisotopic (exact) mass is 432 g/mol. The molecule has 2 aromatic rings. The van der Waals surface area contributed by atoms with Gasteiger partial charge in [-0.15, -0.1) is 0 Å². The summed E-state index contributed by atoms with van der Waals surface area (Å²) in [6.07, 6.45) is 2.97. The fourth-order valence-corrected chi connectivity index (χ4v) is 4.34. The maximum Gasteiger partial charge on any atom is 0.282 e. The first-order valence-corrected chi connectivity index (χ1v) is 11.6. The van der Waals surface area contributed by atoms with Gasteiger partial charge in [0.1, 0.15) is 11.4 Å². The lowest BCUT2D eigenvalue weighted by atomic mass is 9.97. The SMILES string of the molecule is CCCOc1ccc(C2=C(N3CCC(C)CC3)C(=O)N(c3ccc(C)c(C)c3)C2=O)cc1. The lowest BCUT2D eigenvalue weighted by Crippen LogP contribution is -2.38. The molecule has 5 heteroatoms. The minimum Gasteiger partial charge on any atom is -0.494 e. The molecule has 0 N–H and O–H groups in total. The number of imide groups is 1. The number of nitrogens with zero attached hydrogens (tertiary/aromatic N) is 2. The van der Waals surface area contributed by atoms with Crippen LogP contribution in [0, 0.1) is 19.8 Å². The van der Waals surface area contributed by atoms with Gasteiger partial charge in [0.05, 0.1) is 17.9 Å². The third kappa shape index (κ3) is 4.16. The molecule has 4 rings (SSSR count). The number of hydrogen-bond donors (Lipinski definition) is 0. The van der Waals surface area contributed by atoms with Crippen molar-refractivity contribution in [2.75, 3.05) is 24.6 Å². The van der Waals surface area contributed by atoms with E-state index in [2.05, 4.69) is 18.7 Å². The van der Waals surface area contributed by atoms with Gasteiger partial charge in [-0.3, -0.25) is 9.59 Å². The van der Waals surface area contributed by atoms with Gasteiger partial charge in [-0.1, -0.05) is 32.0 Å². The molecule has 168 valence electrons. The Kier molecular flexibility index (Phi) is 6.35. The molecule has 32 heavy (non-hydrogen) atoms. The molecule has 0 unspecified atom stereocenters. The van der Waals surface area contributed by atoms with Crippen LogP contribution in [0.2, 0.25) is 0 Å². The smallest absolute Gasteiger partial charge is 0.282 e. The molecule has 0 aromatic heterocycles. The number of aryl methyl sites for hydroxylation is 2. The Labute approximate surface area is 190 Å². The number of amides is 2. The Bertz CT molecular complexity index is 1050. The van der Waals surface area contributed by atoms with Crippen LogP contribution in [0.1, 0.15) is 49.8 Å². The number of carbonyl (C=O) groups is 2. The average Bonchev–Trinajstić information content (AvgIpc) is 3.05. The summed E-state index contributed by atoms with van der Waals surface area (Å²) in [4.78, 5) is 30.8. The Morgan fingerprint density at radius 3 is 2.25 bits per heavy atom. The van der Waals surface area contributed by atoms with E-state index in [1.165, 1.54) is 4.90 Å². The van der Waals surface area contributed by atoms with Crippen molar-refractivity contribution in [1.82, 2.24) is 4.90 Å². The van der Waals surface area contributed by atoms with Crippen LogP contribution in [0.3, 0.4) is 0 Å². The molecule has 2 amide bonds. The number of carbonyl (C=O) groups excluding carboxylic acids is 2. The first kappa shape index (κ1) is 22.1. The second kappa shape index (κ2) is 9.19. The van der Waals surface area contributed by atoms with Gasteiger partial charge >= 0.3 is 0 Å². The standard InChI is InChI=1S/C27H32N2O3/c1-5-16-32-23-10-7-21(8-11-23)24-25(28-14-12-18(2)13-15-28)27(31)29(26(24)30)22-9-6-19(3)20(4)17-22/h6-11,17-18H,5,12-16H2,1-4H3. The minimum atomic E-state index is -0.255. The molecule has 2 aromatic carbocycles. The number of piperidine rings is 1. The highest BCUT2D eigenvalue weighted by atomic mass is 16.5. The summed E-state index contributed by atoms with van der Waals surface area (Å²) in [7, 11) is 0. The van der Waals surface area contributed by atoms with Crippen molar-refractivity contribution >= 4 is 23.1 Å². The van der Waals surface area contributed by atoms with Crippen molar-refractivity contribution in [3.05, 3.63) is 64.9 Å². The Morgan fingerprint density at radius 2 is 1.62 bits per heavy atom. The molecule has 0 saturated carbocycles. The van der Waals surface area contributed by atoms with Crippen molar-refractivity contribution < 1.29 is 14.3 Å². The Balaban J connectivity index is 1.75. The number of likely N-dealkylation sites (tertiary alicyclic amines) is 1. The van der Waals surface area contributed by atoms with E-state index in [0.29, 0.717) is 29.5 Å². The second-order valence-corrected chi connectivity index (χ2v) is 8.98. The van der Waals surface area contributed by atoms with Crippen molar-refractivity contribution in [3.8, 4) is 5.75 Å². The molecule has 0 bridgehead atoms. The van der Waals surface area contributed by atoms with E-state index in [4.69, 9.17) is 4.74 Å². The van der Waals surface area contributed by atoms with Gasteiger partial charge in [0, 0.05) is 13.1 Å². The number of anilines is 1. The normalized spacial score (nSPS) is 17.5. The molecular weight excluding hydrogens is 400 g/mol. The highest BCUT2D eigenvalue weighted by molar-refractivity contribution is 6.45. The van der Waals surface area contributed by atoms with Crippen LogP contribution in [-0.4, -0.2) is 36.4 Å². The van der Waals surface area contributed by atoms with E-state index in [1.807, 2.05) is 56.3 Å². The largest absolute Gasteiger partial charge is 0.494 e. The summed E-state index contributed by atoms with van der Waals surface area (Å²) >= 11 is 0. The lowest BCUT2D eigenvalue weighted by Gasteiger charge is -2.32. The maximum atomic E-state index is 13.7. The van der Waals surface area contributed by atoms with Crippen LogP contribution >= 0.6 is 0 Å². The molecule has 2 heterocycles. The van der Waals surface area contributed by atoms with E-state index in [-0.39, 0.29) is 11.8 Å². The zero-order chi connectivity index (χ0) is 22.8. The predicted octanol–water partition coefficient (Wildman–Crippen LogP) is 5.11. The molecule has 0 spiro atoms. The molecule has 2 aliphatic rings. The summed E-state index contributed by atoms with van der Waals surface area (Å²) in [5, 5.41) is 0. The number of benzene rings is 2. The Hall–Kier alpha value is -3.08. The summed E-state index contributed by atoms with van der Waals surface area (Å²) in [5.74, 6) is 0.920. The van der Waals surface area contributed by atoms with Crippen LogP contribution in [-0.2, 0) is 9.59 Å². The number of rotatable bonds is 6. The van der Waals surface area contributed by atoms with Crippen molar-refractivity contribution in [1.29, 1.82) is 0 Å². The van der Waals surface area contributed by atoms with Gasteiger partial charge in [-0.05, 0) is 80.0 Å². The molecule has 1 saturated heterocycles. The van der Waals surface area contributed by atoms with Crippen LogP contribution in [0.15, 0.2) is 48.2 Å². The van der Waals surface area contributed by atoms with E-state index in [1.54, 1.807) is 0 Å². The molecule has 1 fully saturated rings. The summed E-state index contributed by atoms with van der Waals surface area (Å²) in [6, 6.07) is 13.3. The van der Waals surface area contributed by atoms with E-state index < -0.39 is 0 Å². The maximum absolute atomic E-state index is 13.7. The van der Waals surface area contributed by atoms with E-state index in [0.717, 1.165) is 54.8 Å². The summed E-state index contributed by atoms with van der Waals surface area (Å²) < 4.78 is 5.70. The zero-order valence-corrected chi connectivity index (χ0v) is 19.5. The van der Waals surface area contributed by atoms with E-state index in [9.17, 15) is 9.59 Å². The summed E-state index contributed by atoms with van der Waals surface area (Å²) in [5.41, 5.74) is 4.60. The van der Waals surface area contributed by atoms with Crippen molar-refractivity contribution in [3.63, 3.8) is 0 Å². The van der Waals surface area contributed by atoms with E-state index >= 15 is 0 Å². The molecule has 0 radical (unpaired) electrons.